The van der Waals surface area contributed by atoms with Crippen LogP contribution in [0.3, 0.4) is 0 Å². The summed E-state index contributed by atoms with van der Waals surface area (Å²) in [6.45, 7) is 7.13. The van der Waals surface area contributed by atoms with Gasteiger partial charge in [-0.2, -0.15) is 0 Å². The van der Waals surface area contributed by atoms with Crippen molar-refractivity contribution >= 4 is 23.9 Å². The van der Waals surface area contributed by atoms with Gasteiger partial charge in [0.25, 0.3) is 0 Å². The average molecular weight is 579 g/mol. The van der Waals surface area contributed by atoms with Crippen LogP contribution in [0.4, 0.5) is 14.0 Å². The molecule has 0 aromatic rings. The van der Waals surface area contributed by atoms with E-state index in [1.165, 1.54) is 12.2 Å². The van der Waals surface area contributed by atoms with Gasteiger partial charge in [-0.15, -0.1) is 0 Å². The van der Waals surface area contributed by atoms with Crippen LogP contribution in [0.1, 0.15) is 79.1 Å². The summed E-state index contributed by atoms with van der Waals surface area (Å²) in [5, 5.41) is 11.7. The van der Waals surface area contributed by atoms with Gasteiger partial charge in [0.2, 0.25) is 5.78 Å². The van der Waals surface area contributed by atoms with Crippen LogP contribution >= 0.6 is 0 Å². The van der Waals surface area contributed by atoms with Crippen LogP contribution in [-0.2, 0) is 28.5 Å². The fraction of sp³-hybridized carbons (Fsp3) is 0.742. The molecule has 228 valence electrons. The van der Waals surface area contributed by atoms with Crippen molar-refractivity contribution in [1.82, 2.24) is 0 Å². The maximum atomic E-state index is 15.7. The van der Waals surface area contributed by atoms with Crippen LogP contribution < -0.4 is 0 Å². The summed E-state index contributed by atoms with van der Waals surface area (Å²) >= 11 is 0. The Bertz CT molecular complexity index is 1100. The molecule has 0 aromatic carbocycles. The molecule has 0 radical (unpaired) electrons. The molecule has 8 atom stereocenters. The van der Waals surface area contributed by atoms with Gasteiger partial charge in [0.15, 0.2) is 18.0 Å². The molecule has 0 heterocycles. The molecule has 9 nitrogen and oxygen atoms in total. The minimum absolute atomic E-state index is 0.0794. The van der Waals surface area contributed by atoms with E-state index in [4.69, 9.17) is 18.9 Å². The number of ketones is 2. The predicted molar refractivity (Wildman–Crippen MR) is 146 cm³/mol. The molecule has 0 aliphatic heterocycles. The zero-order valence-corrected chi connectivity index (χ0v) is 24.5. The fourth-order valence-electron chi connectivity index (χ4n) is 8.06. The number of aliphatic hydroxyl groups excluding tert-OH is 1. The molecule has 1 N–H and O–H groups in total. The topological polar surface area (TPSA) is 125 Å². The van der Waals surface area contributed by atoms with E-state index >= 15 is 4.39 Å². The zero-order chi connectivity index (χ0) is 30.0. The monoisotopic (exact) mass is 578 g/mol. The highest BCUT2D eigenvalue weighted by atomic mass is 19.1. The number of hydrogen-bond donors (Lipinski definition) is 1. The third kappa shape index (κ3) is 5.56. The predicted octanol–water partition coefficient (Wildman–Crippen LogP) is 5.43. The largest absolute Gasteiger partial charge is 0.509 e. The summed E-state index contributed by atoms with van der Waals surface area (Å²) in [7, 11) is 0. The summed E-state index contributed by atoms with van der Waals surface area (Å²) < 4.78 is 37.0. The second kappa shape index (κ2) is 12.2. The molecular formula is C31H43FO9. The van der Waals surface area contributed by atoms with Crippen molar-refractivity contribution in [2.24, 2.45) is 28.6 Å². The number of allylic oxidation sites excluding steroid dienone is 4. The van der Waals surface area contributed by atoms with Gasteiger partial charge >= 0.3 is 12.3 Å². The van der Waals surface area contributed by atoms with Gasteiger partial charge in [-0.25, -0.2) is 14.0 Å². The lowest BCUT2D eigenvalue weighted by atomic mass is 9.46. The molecule has 10 heteroatoms. The Morgan fingerprint density at radius 1 is 1.05 bits per heavy atom. The fourth-order valence-corrected chi connectivity index (χ4v) is 8.06. The van der Waals surface area contributed by atoms with Gasteiger partial charge in [0.1, 0.15) is 6.17 Å². The summed E-state index contributed by atoms with van der Waals surface area (Å²) in [6, 6.07) is 0. The lowest BCUT2D eigenvalue weighted by Gasteiger charge is -2.60. The molecule has 4 aliphatic rings. The molecule has 0 aromatic heterocycles. The highest BCUT2D eigenvalue weighted by Crippen LogP contribution is 2.68. The normalized spacial score (nSPS) is 37.3. The molecule has 1 unspecified atom stereocenters. The van der Waals surface area contributed by atoms with Crippen LogP contribution in [0.15, 0.2) is 23.8 Å². The number of hydrogen-bond acceptors (Lipinski definition) is 9. The van der Waals surface area contributed by atoms with Gasteiger partial charge in [0.05, 0.1) is 19.3 Å². The van der Waals surface area contributed by atoms with E-state index in [-0.39, 0.29) is 50.1 Å². The number of unbranched alkanes of at least 4 members (excludes halogenated alkanes) is 2. The van der Waals surface area contributed by atoms with Crippen molar-refractivity contribution in [2.45, 2.75) is 96.9 Å². The molecule has 0 saturated heterocycles. The standard InChI is InChI=1S/C31H43FO9/c1-5-7-13-38-27(36)40-18-25(35)31(41-28(37)39-14-8-6-2)12-10-21-20-16-23(32)22-15-19(33)9-11-29(22,3)26(20)24(34)17-30(21,31)4/h9,11,15,20-21,23-24,26,34H,5-8,10,12-14,16-18H2,1-4H3/t20-,21-,23-,24?,26+,29-,30-,31-/m0/s1. The van der Waals surface area contributed by atoms with Crippen LogP contribution in [0, 0.1) is 28.6 Å². The number of ether oxygens (including phenoxy) is 4. The first-order valence-electron chi connectivity index (χ1n) is 14.9. The van der Waals surface area contributed by atoms with Crippen LogP contribution in [0.5, 0.6) is 0 Å². The molecule has 3 fully saturated rings. The molecule has 0 bridgehead atoms. The molecule has 41 heavy (non-hydrogen) atoms. The SMILES string of the molecule is CCCCOC(=O)OCC(=O)[C@@]1(OC(=O)OCCCC)CC[C@H]2[C@@H]3C[C@H](F)C4=CC(=O)C=C[C@]4(C)[C@H]3C(O)C[C@@]21C. The maximum Gasteiger partial charge on any atom is 0.509 e. The van der Waals surface area contributed by atoms with Gasteiger partial charge in [-0.05, 0) is 68.1 Å². The van der Waals surface area contributed by atoms with Crippen molar-refractivity contribution in [3.8, 4) is 0 Å². The van der Waals surface area contributed by atoms with E-state index in [2.05, 4.69) is 0 Å². The van der Waals surface area contributed by atoms with Crippen molar-refractivity contribution < 1.29 is 47.6 Å². The third-order valence-corrected chi connectivity index (χ3v) is 10.1. The quantitative estimate of drug-likeness (QED) is 0.267. The van der Waals surface area contributed by atoms with Crippen LogP contribution in [-0.4, -0.2) is 66.7 Å². The number of fused-ring (bicyclic) bond motifs is 5. The number of alkyl halides is 1. The van der Waals surface area contributed by atoms with Gasteiger partial charge in [0, 0.05) is 16.7 Å². The number of halogens is 1. The van der Waals surface area contributed by atoms with E-state index in [0.29, 0.717) is 24.8 Å². The second-order valence-corrected chi connectivity index (χ2v) is 12.4. The Morgan fingerprint density at radius 3 is 2.37 bits per heavy atom. The van der Waals surface area contributed by atoms with Gasteiger partial charge < -0.3 is 24.1 Å². The highest BCUT2D eigenvalue weighted by molar-refractivity contribution is 6.01. The van der Waals surface area contributed by atoms with Crippen molar-refractivity contribution in [3.05, 3.63) is 23.8 Å². The molecule has 3 saturated carbocycles. The molecule has 4 rings (SSSR count). The molecule has 0 spiro atoms. The number of carbonyl (C=O) groups is 4. The average Bonchev–Trinajstić information content (AvgIpc) is 3.20. The summed E-state index contributed by atoms with van der Waals surface area (Å²) in [5.74, 6) is -1.94. The second-order valence-electron chi connectivity index (χ2n) is 12.4. The first-order chi connectivity index (χ1) is 19.4. The van der Waals surface area contributed by atoms with Gasteiger partial charge in [-0.3, -0.25) is 9.59 Å². The Hall–Kier alpha value is -2.75. The first-order valence-corrected chi connectivity index (χ1v) is 14.9. The Morgan fingerprint density at radius 2 is 1.71 bits per heavy atom. The number of Topliss-reactive ketones (excluding diaryl/α,β-unsaturated/α-hetero) is 1. The lowest BCUT2D eigenvalue weighted by Crippen LogP contribution is -2.64. The van der Waals surface area contributed by atoms with E-state index in [9.17, 15) is 24.3 Å². The summed E-state index contributed by atoms with van der Waals surface area (Å²) in [5.41, 5.74) is -3.33. The third-order valence-electron chi connectivity index (χ3n) is 10.1. The van der Waals surface area contributed by atoms with E-state index in [1.807, 2.05) is 20.8 Å². The Labute approximate surface area is 240 Å². The minimum atomic E-state index is -1.75. The van der Waals surface area contributed by atoms with E-state index in [1.54, 1.807) is 13.0 Å². The zero-order valence-electron chi connectivity index (χ0n) is 24.5. The number of carbonyl (C=O) groups excluding carboxylic acids is 4. The van der Waals surface area contributed by atoms with Gasteiger partial charge in [-0.1, -0.05) is 46.6 Å². The van der Waals surface area contributed by atoms with E-state index < -0.39 is 59.3 Å². The smallest absolute Gasteiger partial charge is 0.434 e. The Kier molecular flexibility index (Phi) is 9.31. The summed E-state index contributed by atoms with van der Waals surface area (Å²) in [4.78, 5) is 51.0. The molecule has 4 aliphatic carbocycles. The van der Waals surface area contributed by atoms with Crippen molar-refractivity contribution in [1.29, 1.82) is 0 Å². The number of rotatable bonds is 10. The van der Waals surface area contributed by atoms with Crippen LogP contribution in [0.2, 0.25) is 0 Å². The highest BCUT2D eigenvalue weighted by Gasteiger charge is 2.71. The minimum Gasteiger partial charge on any atom is -0.434 e. The van der Waals surface area contributed by atoms with Crippen molar-refractivity contribution in [3.63, 3.8) is 0 Å². The molecular weight excluding hydrogens is 535 g/mol. The van der Waals surface area contributed by atoms with E-state index in [0.717, 1.165) is 12.8 Å². The van der Waals surface area contributed by atoms with Crippen LogP contribution in [0.25, 0.3) is 0 Å². The first kappa shape index (κ1) is 31.2. The lowest BCUT2D eigenvalue weighted by molar-refractivity contribution is -0.186. The maximum absolute atomic E-state index is 15.7. The van der Waals surface area contributed by atoms with Crippen molar-refractivity contribution in [2.75, 3.05) is 19.8 Å². The number of aliphatic hydroxyl groups is 1. The Balaban J connectivity index is 1.64. The summed E-state index contributed by atoms with van der Waals surface area (Å²) in [6.07, 6.45) is 3.69. The molecule has 0 amide bonds.